The summed E-state index contributed by atoms with van der Waals surface area (Å²) >= 11 is 7.57. The molecule has 0 atom stereocenters. The summed E-state index contributed by atoms with van der Waals surface area (Å²) in [6, 6.07) is 19.6. The minimum atomic E-state index is 0.719. The van der Waals surface area contributed by atoms with Crippen molar-refractivity contribution in [3.05, 3.63) is 76.5 Å². The van der Waals surface area contributed by atoms with Gasteiger partial charge in [-0.1, -0.05) is 23.7 Å². The maximum atomic E-state index is 5.91. The van der Waals surface area contributed by atoms with E-state index in [0.717, 1.165) is 32.6 Å². The van der Waals surface area contributed by atoms with Crippen LogP contribution in [0.3, 0.4) is 0 Å². The number of hydrogen-bond acceptors (Lipinski definition) is 3. The van der Waals surface area contributed by atoms with E-state index < -0.39 is 0 Å². The predicted molar refractivity (Wildman–Crippen MR) is 97.7 cm³/mol. The fraction of sp³-hybridized carbons (Fsp3) is 0. The molecule has 2 nitrogen and oxygen atoms in total. The van der Waals surface area contributed by atoms with E-state index in [1.165, 1.54) is 4.70 Å². The van der Waals surface area contributed by atoms with Crippen LogP contribution < -0.4 is 0 Å². The van der Waals surface area contributed by atoms with E-state index in [-0.39, 0.29) is 0 Å². The van der Waals surface area contributed by atoms with E-state index in [0.29, 0.717) is 0 Å². The summed E-state index contributed by atoms with van der Waals surface area (Å²) in [7, 11) is 0. The monoisotopic (exact) mass is 337 g/mol. The van der Waals surface area contributed by atoms with Crippen LogP contribution in [0.2, 0.25) is 5.02 Å². The van der Waals surface area contributed by atoms with Gasteiger partial charge in [-0.2, -0.15) is 0 Å². The van der Waals surface area contributed by atoms with Crippen LogP contribution in [-0.2, 0) is 0 Å². The molecule has 0 bridgehead atoms. The first kappa shape index (κ1) is 14.2. The summed E-state index contributed by atoms with van der Waals surface area (Å²) in [5, 5.41) is 1.69. The second-order valence-corrected chi connectivity index (χ2v) is 6.56. The molecule has 0 unspecified atom stereocenters. The first-order chi connectivity index (χ1) is 11.3. The van der Waals surface area contributed by atoms with Crippen LogP contribution in [0.1, 0.15) is 10.8 Å². The lowest BCUT2D eigenvalue weighted by Gasteiger charge is -1.96. The largest absolute Gasteiger partial charge is 0.457 e. The molecule has 2 heterocycles. The molecule has 0 N–H and O–H groups in total. The number of para-hydroxylation sites is 1. The summed E-state index contributed by atoms with van der Waals surface area (Å²) < 4.78 is 7.04. The van der Waals surface area contributed by atoms with Crippen molar-refractivity contribution in [2.24, 2.45) is 0 Å². The number of nitrogens with zero attached hydrogens (tertiary/aromatic N) is 1. The molecule has 4 rings (SSSR count). The number of thiazole rings is 1. The van der Waals surface area contributed by atoms with Crippen molar-refractivity contribution in [2.45, 2.75) is 0 Å². The average molecular weight is 338 g/mol. The quantitative estimate of drug-likeness (QED) is 0.433. The first-order valence-corrected chi connectivity index (χ1v) is 8.37. The minimum Gasteiger partial charge on any atom is -0.457 e. The van der Waals surface area contributed by atoms with Crippen LogP contribution in [0, 0.1) is 0 Å². The Bertz CT molecular complexity index is 949. The number of aromatic nitrogens is 1. The SMILES string of the molecule is Clc1ccc(-c2ccc(C=Cc3nc4ccccc4s3)o2)cc1. The first-order valence-electron chi connectivity index (χ1n) is 7.17. The van der Waals surface area contributed by atoms with E-state index in [1.807, 2.05) is 66.7 Å². The van der Waals surface area contributed by atoms with Gasteiger partial charge in [0.25, 0.3) is 0 Å². The van der Waals surface area contributed by atoms with Gasteiger partial charge in [-0.05, 0) is 60.7 Å². The molecule has 2 aromatic heterocycles. The number of benzene rings is 2. The lowest BCUT2D eigenvalue weighted by Crippen LogP contribution is -1.72. The van der Waals surface area contributed by atoms with E-state index in [1.54, 1.807) is 11.3 Å². The number of furan rings is 1. The highest BCUT2D eigenvalue weighted by Gasteiger charge is 2.04. The van der Waals surface area contributed by atoms with Gasteiger partial charge in [0.2, 0.25) is 0 Å². The Balaban J connectivity index is 1.58. The van der Waals surface area contributed by atoms with Gasteiger partial charge < -0.3 is 4.42 Å². The molecule has 0 radical (unpaired) electrons. The second kappa shape index (κ2) is 6.03. The highest BCUT2D eigenvalue weighted by atomic mass is 35.5. The average Bonchev–Trinajstić information content (AvgIpc) is 3.20. The highest BCUT2D eigenvalue weighted by molar-refractivity contribution is 7.19. The van der Waals surface area contributed by atoms with Gasteiger partial charge in [0.05, 0.1) is 10.2 Å². The van der Waals surface area contributed by atoms with Crippen LogP contribution >= 0.6 is 22.9 Å². The Morgan fingerprint density at radius 2 is 1.74 bits per heavy atom. The van der Waals surface area contributed by atoms with Crippen LogP contribution in [0.15, 0.2) is 65.1 Å². The van der Waals surface area contributed by atoms with Crippen LogP contribution in [0.4, 0.5) is 0 Å². The number of fused-ring (bicyclic) bond motifs is 1. The fourth-order valence-electron chi connectivity index (χ4n) is 2.33. The summed E-state index contributed by atoms with van der Waals surface area (Å²) in [5.41, 5.74) is 2.03. The molecule has 112 valence electrons. The zero-order valence-electron chi connectivity index (χ0n) is 12.1. The molecular weight excluding hydrogens is 326 g/mol. The third-order valence-corrected chi connectivity index (χ3v) is 4.71. The van der Waals surface area contributed by atoms with Crippen molar-refractivity contribution in [3.8, 4) is 11.3 Å². The smallest absolute Gasteiger partial charge is 0.134 e. The van der Waals surface area contributed by atoms with Crippen LogP contribution in [0.25, 0.3) is 33.7 Å². The van der Waals surface area contributed by atoms with Gasteiger partial charge in [0.1, 0.15) is 16.5 Å². The zero-order chi connectivity index (χ0) is 15.6. The van der Waals surface area contributed by atoms with Gasteiger partial charge >= 0.3 is 0 Å². The van der Waals surface area contributed by atoms with Crippen LogP contribution in [0.5, 0.6) is 0 Å². The van der Waals surface area contributed by atoms with Crippen molar-refractivity contribution in [1.82, 2.24) is 4.98 Å². The van der Waals surface area contributed by atoms with Crippen molar-refractivity contribution >= 4 is 45.3 Å². The van der Waals surface area contributed by atoms with Crippen molar-refractivity contribution in [1.29, 1.82) is 0 Å². The molecule has 0 spiro atoms. The van der Waals surface area contributed by atoms with Crippen molar-refractivity contribution in [3.63, 3.8) is 0 Å². The molecule has 0 saturated carbocycles. The molecule has 23 heavy (non-hydrogen) atoms. The molecule has 0 aliphatic carbocycles. The van der Waals surface area contributed by atoms with E-state index in [2.05, 4.69) is 11.1 Å². The van der Waals surface area contributed by atoms with Gasteiger partial charge in [-0.15, -0.1) is 11.3 Å². The molecule has 4 heteroatoms. The fourth-order valence-corrected chi connectivity index (χ4v) is 3.32. The van der Waals surface area contributed by atoms with Gasteiger partial charge in [-0.3, -0.25) is 0 Å². The lowest BCUT2D eigenvalue weighted by atomic mass is 10.2. The van der Waals surface area contributed by atoms with Crippen molar-refractivity contribution < 1.29 is 4.42 Å². The lowest BCUT2D eigenvalue weighted by molar-refractivity contribution is 0.572. The summed E-state index contributed by atoms with van der Waals surface area (Å²) in [6.45, 7) is 0. The second-order valence-electron chi connectivity index (χ2n) is 5.06. The van der Waals surface area contributed by atoms with E-state index >= 15 is 0 Å². The normalized spacial score (nSPS) is 11.5. The highest BCUT2D eigenvalue weighted by Crippen LogP contribution is 2.26. The molecular formula is C19H12ClNOS. The van der Waals surface area contributed by atoms with Crippen LogP contribution in [-0.4, -0.2) is 4.98 Å². The minimum absolute atomic E-state index is 0.719. The number of halogens is 1. The third-order valence-electron chi connectivity index (χ3n) is 3.46. The van der Waals surface area contributed by atoms with E-state index in [9.17, 15) is 0 Å². The van der Waals surface area contributed by atoms with E-state index in [4.69, 9.17) is 16.0 Å². The Hall–Kier alpha value is -2.36. The Morgan fingerprint density at radius 3 is 2.57 bits per heavy atom. The summed E-state index contributed by atoms with van der Waals surface area (Å²) in [4.78, 5) is 4.58. The maximum absolute atomic E-state index is 5.91. The van der Waals surface area contributed by atoms with Gasteiger partial charge in [0.15, 0.2) is 0 Å². The molecule has 0 aliphatic heterocycles. The molecule has 0 aliphatic rings. The number of hydrogen-bond donors (Lipinski definition) is 0. The summed E-state index contributed by atoms with van der Waals surface area (Å²) in [5.74, 6) is 1.62. The standard InChI is InChI=1S/C19H12ClNOS/c20-14-7-5-13(6-8-14)17-11-9-15(22-17)10-12-19-21-16-3-1-2-4-18(16)23-19/h1-12H. The maximum Gasteiger partial charge on any atom is 0.134 e. The zero-order valence-corrected chi connectivity index (χ0v) is 13.6. The van der Waals surface area contributed by atoms with Gasteiger partial charge in [0, 0.05) is 10.6 Å². The summed E-state index contributed by atoms with van der Waals surface area (Å²) in [6.07, 6.45) is 3.92. The molecule has 4 aromatic rings. The van der Waals surface area contributed by atoms with Crippen molar-refractivity contribution in [2.75, 3.05) is 0 Å². The number of rotatable bonds is 3. The molecule has 0 saturated heterocycles. The Morgan fingerprint density at radius 1 is 0.913 bits per heavy atom. The Labute approximate surface area is 142 Å². The Kier molecular flexibility index (Phi) is 3.74. The molecule has 0 fully saturated rings. The molecule has 2 aromatic carbocycles. The topological polar surface area (TPSA) is 26.0 Å². The van der Waals surface area contributed by atoms with Gasteiger partial charge in [-0.25, -0.2) is 4.98 Å². The third kappa shape index (κ3) is 3.07. The predicted octanol–water partition coefficient (Wildman–Crippen LogP) is 6.38. The molecule has 0 amide bonds.